The molecule has 98 valence electrons. The van der Waals surface area contributed by atoms with E-state index in [1.54, 1.807) is 0 Å². The Hall–Kier alpha value is -2.09. The van der Waals surface area contributed by atoms with Gasteiger partial charge in [-0.25, -0.2) is 4.99 Å². The van der Waals surface area contributed by atoms with E-state index in [0.29, 0.717) is 4.60 Å². The summed E-state index contributed by atoms with van der Waals surface area (Å²) < 4.78 is 32.5. The number of hydrogen-bond donors (Lipinski definition) is 4. The number of H-pyrrole nitrogens is 1. The van der Waals surface area contributed by atoms with E-state index < -0.39 is 24.7 Å². The van der Waals surface area contributed by atoms with Gasteiger partial charge in [-0.05, 0) is 33.9 Å². The number of aromatic nitrogens is 1. The zero-order chi connectivity index (χ0) is 17.2. The number of hydrogen-bond acceptors (Lipinski definition) is 4. The largest absolute Gasteiger partial charge is 0.369 e. The predicted molar refractivity (Wildman–Crippen MR) is 72.1 cm³/mol. The molecule has 0 fully saturated rings. The Labute approximate surface area is 122 Å². The second-order valence-corrected chi connectivity index (χ2v) is 4.64. The molecule has 0 saturated heterocycles. The number of amides is 2. The van der Waals surface area contributed by atoms with Crippen LogP contribution in [0.3, 0.4) is 0 Å². The molecule has 2 aliphatic rings. The summed E-state index contributed by atoms with van der Waals surface area (Å²) in [6, 6.07) is 1.38. The third-order valence-corrected chi connectivity index (χ3v) is 3.00. The lowest BCUT2D eigenvalue weighted by Gasteiger charge is -2.04. The van der Waals surface area contributed by atoms with Gasteiger partial charge in [-0.1, -0.05) is 0 Å². The van der Waals surface area contributed by atoms with E-state index in [-0.39, 0.29) is 28.5 Å². The molecule has 3 rings (SSSR count). The Morgan fingerprint density at radius 1 is 1.42 bits per heavy atom. The van der Waals surface area contributed by atoms with Gasteiger partial charge in [0.05, 0.1) is 4.60 Å². The zero-order valence-corrected chi connectivity index (χ0v) is 10.9. The average Bonchev–Trinajstić information content (AvgIpc) is 2.91. The molecule has 8 heteroatoms. The summed E-state index contributed by atoms with van der Waals surface area (Å²) in [5.74, 6) is -1.84. The fourth-order valence-electron chi connectivity index (χ4n) is 1.81. The number of fused-ring (bicyclic) bond motifs is 1. The Kier molecular flexibility index (Phi) is 1.82. The highest BCUT2D eigenvalue weighted by atomic mass is 79.9. The van der Waals surface area contributed by atoms with Crippen LogP contribution in [0.5, 0.6) is 0 Å². The number of halogens is 1. The highest BCUT2D eigenvalue weighted by Gasteiger charge is 2.28. The van der Waals surface area contributed by atoms with E-state index in [1.807, 2.05) is 5.32 Å². The number of carbonyl (C=O) groups is 2. The summed E-state index contributed by atoms with van der Waals surface area (Å²) in [4.78, 5) is 30.6. The third kappa shape index (κ3) is 1.93. The number of nitrogens with one attached hydrogen (secondary N) is 3. The summed E-state index contributed by atoms with van der Waals surface area (Å²) in [5.41, 5.74) is 4.65. The number of rotatable bonds is 0. The monoisotopic (exact) mass is 327 g/mol. The number of carbonyl (C=O) groups excluding carboxylic acids is 2. The Morgan fingerprint density at radius 2 is 2.21 bits per heavy atom. The van der Waals surface area contributed by atoms with Crippen molar-refractivity contribution < 1.29 is 15.1 Å². The smallest absolute Gasteiger partial charge is 0.277 e. The third-order valence-electron chi connectivity index (χ3n) is 2.57. The van der Waals surface area contributed by atoms with Crippen molar-refractivity contribution in [2.45, 2.75) is 6.37 Å². The van der Waals surface area contributed by atoms with Crippen molar-refractivity contribution in [3.63, 3.8) is 0 Å². The lowest BCUT2D eigenvalue weighted by molar-refractivity contribution is -0.115. The SMILES string of the molecule is [2H]C1([2H])NC(=O)c2[nH]c(Br)cc2/C(=C2\N=C(N)NC2=O)C1([2H])[2H]. The predicted octanol–water partition coefficient (Wildman–Crippen LogP) is 0.0663. The quantitative estimate of drug-likeness (QED) is 0.505. The van der Waals surface area contributed by atoms with Crippen molar-refractivity contribution in [3.05, 3.63) is 27.6 Å². The minimum absolute atomic E-state index is 0.0318. The van der Waals surface area contributed by atoms with E-state index >= 15 is 0 Å². The molecule has 5 N–H and O–H groups in total. The molecule has 2 aliphatic heterocycles. The van der Waals surface area contributed by atoms with Gasteiger partial charge in [0.2, 0.25) is 5.96 Å². The van der Waals surface area contributed by atoms with E-state index in [4.69, 9.17) is 11.2 Å². The summed E-state index contributed by atoms with van der Waals surface area (Å²) >= 11 is 3.14. The van der Waals surface area contributed by atoms with Crippen molar-refractivity contribution in [3.8, 4) is 0 Å². The maximum Gasteiger partial charge on any atom is 0.277 e. The van der Waals surface area contributed by atoms with Gasteiger partial charge in [-0.3, -0.25) is 14.9 Å². The lowest BCUT2D eigenvalue weighted by atomic mass is 10.0. The molecule has 0 aliphatic carbocycles. The van der Waals surface area contributed by atoms with Crippen LogP contribution < -0.4 is 16.4 Å². The van der Waals surface area contributed by atoms with Crippen molar-refractivity contribution in [2.24, 2.45) is 10.7 Å². The molecular weight excluding hydrogens is 314 g/mol. The van der Waals surface area contributed by atoms with E-state index in [9.17, 15) is 9.59 Å². The van der Waals surface area contributed by atoms with Gasteiger partial charge in [0.15, 0.2) is 0 Å². The summed E-state index contributed by atoms with van der Waals surface area (Å²) in [6.45, 7) is -2.77. The molecule has 0 spiro atoms. The number of aromatic amines is 1. The van der Waals surface area contributed by atoms with Crippen LogP contribution in [-0.2, 0) is 4.79 Å². The Balaban J connectivity index is 2.41. The minimum Gasteiger partial charge on any atom is -0.369 e. The Morgan fingerprint density at radius 3 is 2.89 bits per heavy atom. The minimum atomic E-state index is -2.77. The zero-order valence-electron chi connectivity index (χ0n) is 13.3. The molecule has 0 radical (unpaired) electrons. The number of aliphatic imine (C=N–C) groups is 1. The first-order valence-corrected chi connectivity index (χ1v) is 5.95. The maximum atomic E-state index is 12.2. The lowest BCUT2D eigenvalue weighted by Crippen LogP contribution is -2.30. The van der Waals surface area contributed by atoms with E-state index in [2.05, 4.69) is 31.2 Å². The molecule has 1 aromatic heterocycles. The first-order valence-electron chi connectivity index (χ1n) is 7.16. The summed E-state index contributed by atoms with van der Waals surface area (Å²) in [6.07, 6.45) is -2.74. The summed E-state index contributed by atoms with van der Waals surface area (Å²) in [5, 5.41) is 4.19. The Bertz CT molecular complexity index is 813. The van der Waals surface area contributed by atoms with Crippen molar-refractivity contribution in [1.29, 1.82) is 0 Å². The molecule has 19 heavy (non-hydrogen) atoms. The van der Waals surface area contributed by atoms with Crippen LogP contribution in [-0.4, -0.2) is 29.3 Å². The molecule has 2 amide bonds. The standard InChI is InChI=1S/C11H10BrN5O2/c12-6-3-5-4(7-10(19)17-11(13)16-7)1-2-14-9(18)8(5)15-6/h3,15H,1-2H2,(H,14,18)(H3,13,16,17,19)/b7-4-/i1D2,2D2. The van der Waals surface area contributed by atoms with Crippen LogP contribution in [0.4, 0.5) is 0 Å². The van der Waals surface area contributed by atoms with Crippen molar-refractivity contribution in [1.82, 2.24) is 15.6 Å². The van der Waals surface area contributed by atoms with Gasteiger partial charge in [0.25, 0.3) is 11.8 Å². The first kappa shape index (κ1) is 8.16. The van der Waals surface area contributed by atoms with Crippen LogP contribution in [0.1, 0.15) is 27.9 Å². The number of nitrogens with zero attached hydrogens (tertiary/aromatic N) is 1. The average molecular weight is 328 g/mol. The molecule has 0 atom stereocenters. The molecule has 0 saturated carbocycles. The van der Waals surface area contributed by atoms with Gasteiger partial charge in [0.1, 0.15) is 11.4 Å². The second kappa shape index (κ2) is 4.23. The van der Waals surface area contributed by atoms with E-state index in [0.717, 1.165) is 0 Å². The van der Waals surface area contributed by atoms with Gasteiger partial charge in [-0.2, -0.15) is 0 Å². The van der Waals surface area contributed by atoms with Gasteiger partial charge in [-0.15, -0.1) is 0 Å². The van der Waals surface area contributed by atoms with Crippen LogP contribution in [0, 0.1) is 0 Å². The number of guanidine groups is 1. The topological polar surface area (TPSA) is 112 Å². The molecule has 0 bridgehead atoms. The molecular formula is C11H10BrN5O2. The fraction of sp³-hybridized carbons (Fsp3) is 0.182. The molecule has 3 heterocycles. The first-order chi connectivity index (χ1) is 10.5. The van der Waals surface area contributed by atoms with Gasteiger partial charge >= 0.3 is 0 Å². The van der Waals surface area contributed by atoms with Crippen LogP contribution in [0.2, 0.25) is 0 Å². The molecule has 0 unspecified atom stereocenters. The van der Waals surface area contributed by atoms with Crippen LogP contribution >= 0.6 is 15.9 Å². The fourth-order valence-corrected chi connectivity index (χ4v) is 2.24. The highest BCUT2D eigenvalue weighted by molar-refractivity contribution is 9.10. The highest BCUT2D eigenvalue weighted by Crippen LogP contribution is 2.31. The van der Waals surface area contributed by atoms with E-state index in [1.165, 1.54) is 6.07 Å². The normalized spacial score (nSPS) is 30.9. The van der Waals surface area contributed by atoms with Crippen LogP contribution in [0.25, 0.3) is 5.57 Å². The summed E-state index contributed by atoms with van der Waals surface area (Å²) in [7, 11) is 0. The molecule has 0 aromatic carbocycles. The second-order valence-electron chi connectivity index (χ2n) is 3.78. The van der Waals surface area contributed by atoms with Crippen LogP contribution in [0.15, 0.2) is 21.4 Å². The van der Waals surface area contributed by atoms with Gasteiger partial charge in [0, 0.05) is 17.5 Å². The molecule has 7 nitrogen and oxygen atoms in total. The van der Waals surface area contributed by atoms with Gasteiger partial charge < -0.3 is 16.0 Å². The van der Waals surface area contributed by atoms with Crippen molar-refractivity contribution in [2.75, 3.05) is 6.50 Å². The molecule has 1 aromatic rings. The number of nitrogens with two attached hydrogens (primary N) is 1. The maximum absolute atomic E-state index is 12.2. The van der Waals surface area contributed by atoms with Crippen molar-refractivity contribution >= 4 is 39.3 Å².